The first-order valence-corrected chi connectivity index (χ1v) is 4.35. The van der Waals surface area contributed by atoms with Crippen LogP contribution in [-0.2, 0) is 0 Å². The lowest BCUT2D eigenvalue weighted by atomic mass is 10.1. The van der Waals surface area contributed by atoms with E-state index in [1.807, 2.05) is 0 Å². The third kappa shape index (κ3) is 3.26. The maximum Gasteiger partial charge on any atom is 0.371 e. The summed E-state index contributed by atoms with van der Waals surface area (Å²) in [4.78, 5) is 10.5. The SMILES string of the molecule is CC(O)(CO)CNc1ccc(C(=O)O)o1. The summed E-state index contributed by atoms with van der Waals surface area (Å²) in [5.41, 5.74) is -1.27. The predicted molar refractivity (Wildman–Crippen MR) is 51.9 cm³/mol. The van der Waals surface area contributed by atoms with Gasteiger partial charge < -0.3 is 25.1 Å². The average Bonchev–Trinajstić information content (AvgIpc) is 2.63. The van der Waals surface area contributed by atoms with Gasteiger partial charge in [-0.2, -0.15) is 0 Å². The van der Waals surface area contributed by atoms with Gasteiger partial charge in [-0.3, -0.25) is 0 Å². The first-order chi connectivity index (χ1) is 6.94. The van der Waals surface area contributed by atoms with Crippen molar-refractivity contribution in [2.24, 2.45) is 0 Å². The summed E-state index contributed by atoms with van der Waals surface area (Å²) in [6.45, 7) is 1.11. The van der Waals surface area contributed by atoms with Crippen LogP contribution in [0.15, 0.2) is 16.5 Å². The van der Waals surface area contributed by atoms with Crippen molar-refractivity contribution < 1.29 is 24.5 Å². The van der Waals surface area contributed by atoms with Crippen LogP contribution in [0.5, 0.6) is 0 Å². The Morgan fingerprint density at radius 2 is 2.27 bits per heavy atom. The van der Waals surface area contributed by atoms with E-state index >= 15 is 0 Å². The summed E-state index contributed by atoms with van der Waals surface area (Å²) in [7, 11) is 0. The van der Waals surface area contributed by atoms with E-state index in [4.69, 9.17) is 14.6 Å². The summed E-state index contributed by atoms with van der Waals surface area (Å²) in [5, 5.41) is 29.4. The Balaban J connectivity index is 2.55. The van der Waals surface area contributed by atoms with Crippen molar-refractivity contribution in [1.82, 2.24) is 0 Å². The molecule has 0 spiro atoms. The molecule has 6 nitrogen and oxygen atoms in total. The zero-order valence-electron chi connectivity index (χ0n) is 8.23. The Bertz CT molecular complexity index is 344. The molecule has 1 heterocycles. The van der Waals surface area contributed by atoms with Crippen molar-refractivity contribution in [3.8, 4) is 0 Å². The Morgan fingerprint density at radius 3 is 2.73 bits per heavy atom. The van der Waals surface area contributed by atoms with E-state index < -0.39 is 18.2 Å². The number of furan rings is 1. The highest BCUT2D eigenvalue weighted by Gasteiger charge is 2.19. The molecule has 1 rings (SSSR count). The van der Waals surface area contributed by atoms with Gasteiger partial charge in [0.1, 0.15) is 5.60 Å². The lowest BCUT2D eigenvalue weighted by Crippen LogP contribution is -2.37. The number of nitrogens with one attached hydrogen (secondary N) is 1. The molecule has 0 bridgehead atoms. The summed E-state index contributed by atoms with van der Waals surface area (Å²) >= 11 is 0. The van der Waals surface area contributed by atoms with E-state index in [0.29, 0.717) is 0 Å². The van der Waals surface area contributed by atoms with Gasteiger partial charge in [0.05, 0.1) is 6.61 Å². The number of carboxylic acids is 1. The molecule has 1 aromatic rings. The second kappa shape index (κ2) is 4.33. The summed E-state index contributed by atoms with van der Waals surface area (Å²) in [5.74, 6) is -1.10. The van der Waals surface area contributed by atoms with Crippen molar-refractivity contribution in [1.29, 1.82) is 0 Å². The normalized spacial score (nSPS) is 14.6. The largest absolute Gasteiger partial charge is 0.475 e. The minimum Gasteiger partial charge on any atom is -0.475 e. The van der Waals surface area contributed by atoms with Crippen LogP contribution in [0.3, 0.4) is 0 Å². The standard InChI is InChI=1S/C9H13NO5/c1-9(14,5-11)4-10-7-3-2-6(15-7)8(12)13/h2-3,10-11,14H,4-5H2,1H3,(H,12,13). The summed E-state index contributed by atoms with van der Waals surface area (Å²) in [6.07, 6.45) is 0. The monoisotopic (exact) mass is 215 g/mol. The van der Waals surface area contributed by atoms with Gasteiger partial charge in [0.15, 0.2) is 5.88 Å². The number of anilines is 1. The molecule has 0 aliphatic heterocycles. The van der Waals surface area contributed by atoms with Crippen molar-refractivity contribution in [3.05, 3.63) is 17.9 Å². The van der Waals surface area contributed by atoms with Crippen LogP contribution in [0, 0.1) is 0 Å². The van der Waals surface area contributed by atoms with E-state index in [-0.39, 0.29) is 18.2 Å². The molecule has 0 radical (unpaired) electrons. The molecule has 1 atom stereocenters. The van der Waals surface area contributed by atoms with Crippen LogP contribution in [-0.4, -0.2) is 40.0 Å². The van der Waals surface area contributed by atoms with Gasteiger partial charge in [0.2, 0.25) is 5.76 Å². The molecule has 6 heteroatoms. The van der Waals surface area contributed by atoms with E-state index in [2.05, 4.69) is 5.32 Å². The second-order valence-electron chi connectivity index (χ2n) is 3.48. The fourth-order valence-corrected chi connectivity index (χ4v) is 0.881. The molecule has 0 aliphatic carbocycles. The van der Waals surface area contributed by atoms with Gasteiger partial charge >= 0.3 is 5.97 Å². The lowest BCUT2D eigenvalue weighted by molar-refractivity contribution is 0.0129. The van der Waals surface area contributed by atoms with E-state index in [9.17, 15) is 9.90 Å². The highest BCUT2D eigenvalue weighted by Crippen LogP contribution is 2.14. The highest BCUT2D eigenvalue weighted by atomic mass is 16.4. The third-order valence-corrected chi connectivity index (χ3v) is 1.80. The van der Waals surface area contributed by atoms with Gasteiger partial charge in [-0.25, -0.2) is 4.79 Å². The van der Waals surface area contributed by atoms with Crippen molar-refractivity contribution in [3.63, 3.8) is 0 Å². The Labute approximate surface area is 86.1 Å². The first kappa shape index (κ1) is 11.5. The van der Waals surface area contributed by atoms with Gasteiger partial charge in [0, 0.05) is 12.6 Å². The molecule has 1 unspecified atom stereocenters. The topological polar surface area (TPSA) is 103 Å². The molecule has 1 aromatic heterocycles. The number of carboxylic acid groups (broad SMARTS) is 1. The van der Waals surface area contributed by atoms with E-state index in [1.54, 1.807) is 0 Å². The molecule has 0 fully saturated rings. The second-order valence-corrected chi connectivity index (χ2v) is 3.48. The van der Waals surface area contributed by atoms with E-state index in [1.165, 1.54) is 19.1 Å². The van der Waals surface area contributed by atoms with Gasteiger partial charge in [-0.15, -0.1) is 0 Å². The molecule has 0 aromatic carbocycles. The molecule has 15 heavy (non-hydrogen) atoms. The van der Waals surface area contributed by atoms with Gasteiger partial charge in [-0.1, -0.05) is 0 Å². The molecule has 4 N–H and O–H groups in total. The number of aromatic carboxylic acids is 1. The summed E-state index contributed by atoms with van der Waals surface area (Å²) in [6, 6.07) is 2.75. The minimum absolute atomic E-state index is 0.0655. The first-order valence-electron chi connectivity index (χ1n) is 4.35. The Hall–Kier alpha value is -1.53. The van der Waals surface area contributed by atoms with Crippen molar-refractivity contribution in [2.45, 2.75) is 12.5 Å². The number of hydrogen-bond acceptors (Lipinski definition) is 5. The Morgan fingerprint density at radius 1 is 1.60 bits per heavy atom. The molecule has 84 valence electrons. The molecular weight excluding hydrogens is 202 g/mol. The smallest absolute Gasteiger partial charge is 0.371 e. The fraction of sp³-hybridized carbons (Fsp3) is 0.444. The Kier molecular flexibility index (Phi) is 3.33. The maximum absolute atomic E-state index is 10.5. The third-order valence-electron chi connectivity index (χ3n) is 1.80. The zero-order valence-corrected chi connectivity index (χ0v) is 8.23. The van der Waals surface area contributed by atoms with Crippen LogP contribution >= 0.6 is 0 Å². The average molecular weight is 215 g/mol. The minimum atomic E-state index is -1.27. The van der Waals surface area contributed by atoms with Crippen LogP contribution < -0.4 is 5.32 Å². The predicted octanol–water partition coefficient (Wildman–Crippen LogP) is 0.133. The van der Waals surface area contributed by atoms with Gasteiger partial charge in [-0.05, 0) is 13.0 Å². The number of carbonyl (C=O) groups is 1. The molecule has 0 saturated heterocycles. The van der Waals surface area contributed by atoms with Crippen molar-refractivity contribution >= 4 is 11.9 Å². The summed E-state index contributed by atoms with van der Waals surface area (Å²) < 4.78 is 4.88. The maximum atomic E-state index is 10.5. The van der Waals surface area contributed by atoms with Crippen LogP contribution in [0.2, 0.25) is 0 Å². The molecule has 0 amide bonds. The lowest BCUT2D eigenvalue weighted by Gasteiger charge is -2.20. The zero-order chi connectivity index (χ0) is 11.5. The number of rotatable bonds is 5. The number of hydrogen-bond donors (Lipinski definition) is 4. The van der Waals surface area contributed by atoms with Crippen LogP contribution in [0.4, 0.5) is 5.88 Å². The van der Waals surface area contributed by atoms with E-state index in [0.717, 1.165) is 0 Å². The van der Waals surface area contributed by atoms with Crippen molar-refractivity contribution in [2.75, 3.05) is 18.5 Å². The van der Waals surface area contributed by atoms with Gasteiger partial charge in [0.25, 0.3) is 0 Å². The quantitative estimate of drug-likeness (QED) is 0.557. The molecule has 0 aliphatic rings. The van der Waals surface area contributed by atoms with Crippen LogP contribution in [0.25, 0.3) is 0 Å². The number of aliphatic hydroxyl groups excluding tert-OH is 1. The number of aliphatic hydroxyl groups is 2. The van der Waals surface area contributed by atoms with Crippen LogP contribution in [0.1, 0.15) is 17.5 Å². The fourth-order valence-electron chi connectivity index (χ4n) is 0.881. The highest BCUT2D eigenvalue weighted by molar-refractivity contribution is 5.84. The molecular formula is C9H13NO5. The molecule has 0 saturated carbocycles.